The van der Waals surface area contributed by atoms with Crippen molar-refractivity contribution in [3.05, 3.63) is 106 Å². The van der Waals surface area contributed by atoms with Crippen LogP contribution in [0, 0.1) is 6.92 Å². The van der Waals surface area contributed by atoms with Crippen molar-refractivity contribution in [1.82, 2.24) is 4.90 Å². The highest BCUT2D eigenvalue weighted by Crippen LogP contribution is 2.34. The van der Waals surface area contributed by atoms with Crippen molar-refractivity contribution < 1.29 is 14.7 Å². The van der Waals surface area contributed by atoms with Crippen LogP contribution < -0.4 is 0 Å². The normalized spacial score (nSPS) is 16.2. The van der Waals surface area contributed by atoms with Crippen LogP contribution in [0.5, 0.6) is 0 Å². The molecule has 1 heterocycles. The number of thioether (sulfide) groups is 1. The molecule has 0 unspecified atom stereocenters. The molecule has 0 aliphatic carbocycles. The second-order valence-corrected chi connectivity index (χ2v) is 8.47. The van der Waals surface area contributed by atoms with Crippen molar-refractivity contribution in [2.45, 2.75) is 13.3 Å². The first-order valence-electron chi connectivity index (χ1n) is 10.2. The SMILES string of the molecule is Cc1ccc(N=C2S/C(=C\c3ccc(C(=O)O)cc3)C(=O)N2CCc2ccccc2)cc1. The van der Waals surface area contributed by atoms with Crippen molar-refractivity contribution >= 4 is 40.6 Å². The van der Waals surface area contributed by atoms with Gasteiger partial charge in [-0.05, 0) is 66.6 Å². The molecule has 0 spiro atoms. The van der Waals surface area contributed by atoms with Crippen molar-refractivity contribution in [1.29, 1.82) is 0 Å². The third-order valence-electron chi connectivity index (χ3n) is 5.07. The zero-order valence-electron chi connectivity index (χ0n) is 17.6. The summed E-state index contributed by atoms with van der Waals surface area (Å²) in [5.74, 6) is -1.07. The fraction of sp³-hybridized carbons (Fsp3) is 0.115. The maximum atomic E-state index is 13.2. The minimum Gasteiger partial charge on any atom is -0.478 e. The zero-order chi connectivity index (χ0) is 22.5. The van der Waals surface area contributed by atoms with Crippen molar-refractivity contribution in [2.24, 2.45) is 4.99 Å². The molecule has 1 amide bonds. The maximum absolute atomic E-state index is 13.2. The standard InChI is InChI=1S/C26H22N2O3S/c1-18-7-13-22(14-8-18)27-26-28(16-15-19-5-3-2-4-6-19)24(29)23(32-26)17-20-9-11-21(12-10-20)25(30)31/h2-14,17H,15-16H2,1H3,(H,30,31)/b23-17-,27-26?. The monoisotopic (exact) mass is 442 g/mol. The fourth-order valence-electron chi connectivity index (χ4n) is 3.28. The lowest BCUT2D eigenvalue weighted by Gasteiger charge is -2.15. The summed E-state index contributed by atoms with van der Waals surface area (Å²) in [6.45, 7) is 2.54. The summed E-state index contributed by atoms with van der Waals surface area (Å²) in [6.07, 6.45) is 2.51. The van der Waals surface area contributed by atoms with E-state index < -0.39 is 5.97 Å². The van der Waals surface area contributed by atoms with Crippen molar-refractivity contribution in [2.75, 3.05) is 6.54 Å². The molecule has 1 fully saturated rings. The first kappa shape index (κ1) is 21.6. The fourth-order valence-corrected chi connectivity index (χ4v) is 4.30. The van der Waals surface area contributed by atoms with Gasteiger partial charge >= 0.3 is 5.97 Å². The van der Waals surface area contributed by atoms with E-state index in [-0.39, 0.29) is 11.5 Å². The summed E-state index contributed by atoms with van der Waals surface area (Å²) in [5, 5.41) is 9.73. The quantitative estimate of drug-likeness (QED) is 0.509. The Balaban J connectivity index is 1.62. The number of rotatable bonds is 6. The zero-order valence-corrected chi connectivity index (χ0v) is 18.4. The summed E-state index contributed by atoms with van der Waals surface area (Å²) in [6, 6.07) is 24.4. The molecular formula is C26H22N2O3S. The third kappa shape index (κ3) is 5.15. The van der Waals surface area contributed by atoms with E-state index in [9.17, 15) is 9.59 Å². The van der Waals surface area contributed by atoms with Gasteiger partial charge in [0.05, 0.1) is 16.2 Å². The summed E-state index contributed by atoms with van der Waals surface area (Å²) < 4.78 is 0. The Bertz CT molecular complexity index is 1180. The summed E-state index contributed by atoms with van der Waals surface area (Å²) in [4.78, 5) is 31.3. The molecule has 0 saturated carbocycles. The molecule has 0 aromatic heterocycles. The van der Waals surface area contributed by atoms with Gasteiger partial charge < -0.3 is 5.11 Å². The molecule has 1 N–H and O–H groups in total. The number of nitrogens with zero attached hydrogens (tertiary/aromatic N) is 2. The molecule has 0 radical (unpaired) electrons. The van der Waals surface area contributed by atoms with E-state index in [1.165, 1.54) is 23.9 Å². The summed E-state index contributed by atoms with van der Waals surface area (Å²) in [5.41, 5.74) is 4.08. The molecule has 6 heteroatoms. The lowest BCUT2D eigenvalue weighted by Crippen LogP contribution is -2.31. The second kappa shape index (κ2) is 9.66. The molecule has 0 atom stereocenters. The Kier molecular flexibility index (Phi) is 6.52. The molecule has 5 nitrogen and oxygen atoms in total. The number of carbonyl (C=O) groups is 2. The van der Waals surface area contributed by atoms with Gasteiger partial charge in [0, 0.05) is 6.54 Å². The van der Waals surface area contributed by atoms with Crippen molar-refractivity contribution in [3.8, 4) is 0 Å². The van der Waals surface area contributed by atoms with Crippen LogP contribution in [-0.2, 0) is 11.2 Å². The Labute approximate surface area is 191 Å². The van der Waals surface area contributed by atoms with Crippen LogP contribution in [0.1, 0.15) is 27.0 Å². The first-order chi connectivity index (χ1) is 15.5. The molecule has 1 saturated heterocycles. The molecule has 160 valence electrons. The number of hydrogen-bond donors (Lipinski definition) is 1. The minimum atomic E-state index is -0.977. The van der Waals surface area contributed by atoms with Crippen LogP contribution >= 0.6 is 11.8 Å². The Morgan fingerprint density at radius 3 is 2.34 bits per heavy atom. The van der Waals surface area contributed by atoms with Gasteiger partial charge in [-0.25, -0.2) is 9.79 Å². The van der Waals surface area contributed by atoms with E-state index in [0.717, 1.165) is 28.8 Å². The van der Waals surface area contributed by atoms with E-state index in [1.807, 2.05) is 61.5 Å². The van der Waals surface area contributed by atoms with Crippen LogP contribution in [0.15, 0.2) is 88.8 Å². The molecule has 1 aliphatic rings. The topological polar surface area (TPSA) is 70.0 Å². The average molecular weight is 443 g/mol. The van der Waals surface area contributed by atoms with Gasteiger partial charge in [0.1, 0.15) is 0 Å². The van der Waals surface area contributed by atoms with Crippen LogP contribution in [0.4, 0.5) is 5.69 Å². The molecule has 3 aromatic rings. The third-order valence-corrected chi connectivity index (χ3v) is 6.08. The van der Waals surface area contributed by atoms with Crippen molar-refractivity contribution in [3.63, 3.8) is 0 Å². The van der Waals surface area contributed by atoms with E-state index >= 15 is 0 Å². The largest absolute Gasteiger partial charge is 0.478 e. The number of benzene rings is 3. The molecule has 32 heavy (non-hydrogen) atoms. The number of amidine groups is 1. The smallest absolute Gasteiger partial charge is 0.335 e. The Morgan fingerprint density at radius 2 is 1.69 bits per heavy atom. The Hall–Kier alpha value is -3.64. The number of hydrogen-bond acceptors (Lipinski definition) is 4. The molecule has 4 rings (SSSR count). The molecular weight excluding hydrogens is 420 g/mol. The number of aryl methyl sites for hydroxylation is 1. The minimum absolute atomic E-state index is 0.0981. The summed E-state index contributed by atoms with van der Waals surface area (Å²) >= 11 is 1.34. The second-order valence-electron chi connectivity index (χ2n) is 7.46. The molecule has 1 aliphatic heterocycles. The molecule has 3 aromatic carbocycles. The number of amides is 1. The highest BCUT2D eigenvalue weighted by Gasteiger charge is 2.33. The highest BCUT2D eigenvalue weighted by molar-refractivity contribution is 8.18. The number of carbonyl (C=O) groups excluding carboxylic acids is 1. The van der Waals surface area contributed by atoms with Crippen LogP contribution in [0.25, 0.3) is 6.08 Å². The number of carboxylic acid groups (broad SMARTS) is 1. The van der Waals surface area contributed by atoms with Gasteiger partial charge in [0.25, 0.3) is 5.91 Å². The van der Waals surface area contributed by atoms with E-state index in [4.69, 9.17) is 10.1 Å². The maximum Gasteiger partial charge on any atom is 0.335 e. The predicted molar refractivity (Wildman–Crippen MR) is 129 cm³/mol. The predicted octanol–water partition coefficient (Wildman–Crippen LogP) is 5.54. The highest BCUT2D eigenvalue weighted by atomic mass is 32.2. The van der Waals surface area contributed by atoms with Gasteiger partial charge in [-0.15, -0.1) is 0 Å². The number of aliphatic imine (C=N–C) groups is 1. The van der Waals surface area contributed by atoms with Crippen LogP contribution in [0.2, 0.25) is 0 Å². The van der Waals surface area contributed by atoms with Gasteiger partial charge in [0.2, 0.25) is 0 Å². The van der Waals surface area contributed by atoms with E-state index in [1.54, 1.807) is 23.1 Å². The van der Waals surface area contributed by atoms with Crippen LogP contribution in [-0.4, -0.2) is 33.6 Å². The van der Waals surface area contributed by atoms with Gasteiger partial charge in [-0.2, -0.15) is 0 Å². The van der Waals surface area contributed by atoms with Gasteiger partial charge in [-0.3, -0.25) is 9.69 Å². The van der Waals surface area contributed by atoms with E-state index in [0.29, 0.717) is 16.6 Å². The summed E-state index contributed by atoms with van der Waals surface area (Å²) in [7, 11) is 0. The number of aromatic carboxylic acids is 1. The molecule has 0 bridgehead atoms. The van der Waals surface area contributed by atoms with E-state index in [2.05, 4.69) is 0 Å². The van der Waals surface area contributed by atoms with Crippen LogP contribution in [0.3, 0.4) is 0 Å². The lowest BCUT2D eigenvalue weighted by atomic mass is 10.1. The number of carboxylic acids is 1. The average Bonchev–Trinajstić information content (AvgIpc) is 3.09. The lowest BCUT2D eigenvalue weighted by molar-refractivity contribution is -0.122. The Morgan fingerprint density at radius 1 is 1.00 bits per heavy atom. The van der Waals surface area contributed by atoms with Gasteiger partial charge in [-0.1, -0.05) is 60.2 Å². The van der Waals surface area contributed by atoms with Gasteiger partial charge in [0.15, 0.2) is 5.17 Å². The first-order valence-corrected chi connectivity index (χ1v) is 11.1.